The molecule has 24 heavy (non-hydrogen) atoms. The average molecular weight is 321 g/mol. The van der Waals surface area contributed by atoms with Gasteiger partial charge in [0.25, 0.3) is 0 Å². The van der Waals surface area contributed by atoms with Crippen LogP contribution >= 0.6 is 0 Å². The molecule has 120 valence electrons. The number of anilines is 1. The molecular formula is C16H15N7O. The minimum Gasteiger partial charge on any atom is -0.357 e. The van der Waals surface area contributed by atoms with Crippen LogP contribution in [0.3, 0.4) is 0 Å². The third-order valence-electron chi connectivity index (χ3n) is 3.38. The highest BCUT2D eigenvalue weighted by Crippen LogP contribution is 2.26. The van der Waals surface area contributed by atoms with Crippen LogP contribution in [-0.4, -0.2) is 25.3 Å². The lowest BCUT2D eigenvalue weighted by atomic mass is 10.0. The number of hydrogen-bond donors (Lipinski definition) is 1. The van der Waals surface area contributed by atoms with Crippen molar-refractivity contribution in [3.8, 4) is 17.5 Å². The Morgan fingerprint density at radius 3 is 2.71 bits per heavy atom. The molecular weight excluding hydrogens is 306 g/mol. The molecule has 0 aliphatic rings. The summed E-state index contributed by atoms with van der Waals surface area (Å²) in [5.74, 6) is 1.64. The largest absolute Gasteiger partial charge is 0.357 e. The number of aromatic nitrogens is 5. The van der Waals surface area contributed by atoms with Crippen molar-refractivity contribution in [2.45, 2.75) is 19.9 Å². The second-order valence-corrected chi connectivity index (χ2v) is 5.48. The maximum atomic E-state index is 8.78. The Morgan fingerprint density at radius 2 is 2.08 bits per heavy atom. The summed E-state index contributed by atoms with van der Waals surface area (Å²) >= 11 is 0. The predicted molar refractivity (Wildman–Crippen MR) is 85.5 cm³/mol. The van der Waals surface area contributed by atoms with Gasteiger partial charge in [0.2, 0.25) is 11.7 Å². The van der Waals surface area contributed by atoms with E-state index >= 15 is 0 Å². The standard InChI is InChI=1S/C16H15N7O/c1-10(2)14(19-13-6-5-12(8-17)21-22-13)16-20-15(23-24-16)11-4-3-7-18-9-11/h3-7,9-10,14H,1-2H3,(H,19,22). The Morgan fingerprint density at radius 1 is 1.21 bits per heavy atom. The fourth-order valence-corrected chi connectivity index (χ4v) is 2.12. The van der Waals surface area contributed by atoms with Crippen LogP contribution in [0.1, 0.15) is 31.5 Å². The van der Waals surface area contributed by atoms with Gasteiger partial charge in [0, 0.05) is 18.0 Å². The van der Waals surface area contributed by atoms with Crippen molar-refractivity contribution >= 4 is 5.82 Å². The first-order chi connectivity index (χ1) is 11.7. The van der Waals surface area contributed by atoms with Crippen LogP contribution < -0.4 is 5.32 Å². The number of nitrogens with zero attached hydrogens (tertiary/aromatic N) is 6. The average Bonchev–Trinajstić information content (AvgIpc) is 3.10. The van der Waals surface area contributed by atoms with Crippen molar-refractivity contribution in [3.05, 3.63) is 48.2 Å². The van der Waals surface area contributed by atoms with E-state index in [4.69, 9.17) is 9.78 Å². The molecule has 0 spiro atoms. The molecule has 0 aliphatic heterocycles. The van der Waals surface area contributed by atoms with E-state index in [1.807, 2.05) is 32.0 Å². The highest BCUT2D eigenvalue weighted by molar-refractivity contribution is 5.52. The maximum Gasteiger partial charge on any atom is 0.249 e. The third kappa shape index (κ3) is 3.35. The molecule has 0 amide bonds. The Kier molecular flexibility index (Phi) is 4.43. The molecule has 0 bridgehead atoms. The predicted octanol–water partition coefficient (Wildman–Crippen LogP) is 2.60. The van der Waals surface area contributed by atoms with Crippen molar-refractivity contribution in [3.63, 3.8) is 0 Å². The molecule has 8 heteroatoms. The monoisotopic (exact) mass is 321 g/mol. The summed E-state index contributed by atoms with van der Waals surface area (Å²) in [6.45, 7) is 4.06. The normalized spacial score (nSPS) is 11.9. The van der Waals surface area contributed by atoms with Gasteiger partial charge in [-0.05, 0) is 30.2 Å². The quantitative estimate of drug-likeness (QED) is 0.762. The Bertz CT molecular complexity index is 837. The van der Waals surface area contributed by atoms with Crippen molar-refractivity contribution in [1.29, 1.82) is 5.26 Å². The second kappa shape index (κ2) is 6.83. The van der Waals surface area contributed by atoms with Crippen LogP contribution in [0.5, 0.6) is 0 Å². The highest BCUT2D eigenvalue weighted by Gasteiger charge is 2.23. The van der Waals surface area contributed by atoms with Gasteiger partial charge < -0.3 is 9.84 Å². The fraction of sp³-hybridized carbons (Fsp3) is 0.250. The molecule has 0 radical (unpaired) electrons. The van der Waals surface area contributed by atoms with Gasteiger partial charge in [0.1, 0.15) is 17.9 Å². The van der Waals surface area contributed by atoms with Crippen LogP contribution in [0.2, 0.25) is 0 Å². The molecule has 8 nitrogen and oxygen atoms in total. The fourth-order valence-electron chi connectivity index (χ4n) is 2.12. The first-order valence-corrected chi connectivity index (χ1v) is 7.41. The number of hydrogen-bond acceptors (Lipinski definition) is 8. The highest BCUT2D eigenvalue weighted by atomic mass is 16.5. The third-order valence-corrected chi connectivity index (χ3v) is 3.38. The molecule has 3 heterocycles. The van der Waals surface area contributed by atoms with Crippen LogP contribution in [0.25, 0.3) is 11.4 Å². The molecule has 0 aliphatic carbocycles. The number of rotatable bonds is 5. The summed E-state index contributed by atoms with van der Waals surface area (Å²) in [6.07, 6.45) is 3.37. The van der Waals surface area contributed by atoms with Crippen molar-refractivity contribution < 1.29 is 4.52 Å². The maximum absolute atomic E-state index is 8.78. The van der Waals surface area contributed by atoms with E-state index in [-0.39, 0.29) is 17.7 Å². The van der Waals surface area contributed by atoms with Gasteiger partial charge in [0.05, 0.1) is 0 Å². The first-order valence-electron chi connectivity index (χ1n) is 7.41. The molecule has 0 saturated carbocycles. The Hall–Kier alpha value is -3.34. The van der Waals surface area contributed by atoms with E-state index in [0.717, 1.165) is 5.56 Å². The number of nitriles is 1. The van der Waals surface area contributed by atoms with Crippen LogP contribution in [0.15, 0.2) is 41.2 Å². The lowest BCUT2D eigenvalue weighted by molar-refractivity contribution is 0.335. The minimum absolute atomic E-state index is 0.171. The lowest BCUT2D eigenvalue weighted by Crippen LogP contribution is -2.18. The molecule has 1 atom stereocenters. The van der Waals surface area contributed by atoms with Crippen LogP contribution in [-0.2, 0) is 0 Å². The summed E-state index contributed by atoms with van der Waals surface area (Å²) < 4.78 is 5.41. The molecule has 0 fully saturated rings. The van der Waals surface area contributed by atoms with E-state index < -0.39 is 0 Å². The van der Waals surface area contributed by atoms with Crippen molar-refractivity contribution in [1.82, 2.24) is 25.3 Å². The Balaban J connectivity index is 1.83. The molecule has 1 N–H and O–H groups in total. The first kappa shape index (κ1) is 15.6. The van der Waals surface area contributed by atoms with Gasteiger partial charge in [-0.25, -0.2) is 0 Å². The van der Waals surface area contributed by atoms with Crippen LogP contribution in [0.4, 0.5) is 5.82 Å². The van der Waals surface area contributed by atoms with Gasteiger partial charge in [-0.1, -0.05) is 19.0 Å². The summed E-state index contributed by atoms with van der Waals surface area (Å²) in [6, 6.07) is 8.68. The van der Waals surface area contributed by atoms with Gasteiger partial charge in [-0.2, -0.15) is 10.2 Å². The van der Waals surface area contributed by atoms with Crippen molar-refractivity contribution in [2.24, 2.45) is 5.92 Å². The SMILES string of the molecule is CC(C)C(Nc1ccc(C#N)nn1)c1nc(-c2cccnc2)no1. The smallest absolute Gasteiger partial charge is 0.249 e. The molecule has 3 rings (SSSR count). The minimum atomic E-state index is -0.231. The van der Waals surface area contributed by atoms with Crippen molar-refractivity contribution in [2.75, 3.05) is 5.32 Å². The van der Waals surface area contributed by atoms with E-state index in [9.17, 15) is 0 Å². The van der Waals surface area contributed by atoms with E-state index in [1.54, 1.807) is 24.5 Å². The summed E-state index contributed by atoms with van der Waals surface area (Å²) in [4.78, 5) is 8.50. The van der Waals surface area contributed by atoms with Crippen LogP contribution in [0, 0.1) is 17.2 Å². The summed E-state index contributed by atoms with van der Waals surface area (Å²) in [5.41, 5.74) is 1.05. The molecule has 0 aromatic carbocycles. The van der Waals surface area contributed by atoms with Gasteiger partial charge in [-0.3, -0.25) is 4.98 Å². The van der Waals surface area contributed by atoms with Gasteiger partial charge in [0.15, 0.2) is 5.69 Å². The number of nitrogens with one attached hydrogen (secondary N) is 1. The van der Waals surface area contributed by atoms with Gasteiger partial charge >= 0.3 is 0 Å². The zero-order chi connectivity index (χ0) is 16.9. The summed E-state index contributed by atoms with van der Waals surface area (Å²) in [5, 5.41) is 23.8. The van der Waals surface area contributed by atoms with E-state index in [0.29, 0.717) is 17.5 Å². The molecule has 3 aromatic rings. The Labute approximate surface area is 138 Å². The zero-order valence-electron chi connectivity index (χ0n) is 13.2. The molecule has 0 saturated heterocycles. The number of pyridine rings is 1. The molecule has 1 unspecified atom stereocenters. The van der Waals surface area contributed by atoms with E-state index in [2.05, 4.69) is 30.6 Å². The summed E-state index contributed by atoms with van der Waals surface area (Å²) in [7, 11) is 0. The molecule has 3 aromatic heterocycles. The topological polar surface area (TPSA) is 113 Å². The van der Waals surface area contributed by atoms with Gasteiger partial charge in [-0.15, -0.1) is 10.2 Å². The lowest BCUT2D eigenvalue weighted by Gasteiger charge is -2.18. The second-order valence-electron chi connectivity index (χ2n) is 5.48. The zero-order valence-corrected chi connectivity index (χ0v) is 13.2. The van der Waals surface area contributed by atoms with E-state index in [1.165, 1.54) is 0 Å².